The van der Waals surface area contributed by atoms with Gasteiger partial charge in [0.1, 0.15) is 0 Å². The second-order valence-corrected chi connectivity index (χ2v) is 5.76. The second kappa shape index (κ2) is 8.59. The Hall–Kier alpha value is -1.81. The Labute approximate surface area is 135 Å². The fourth-order valence-corrected chi connectivity index (χ4v) is 2.56. The zero-order chi connectivity index (χ0) is 15.8. The molecule has 0 heterocycles. The van der Waals surface area contributed by atoms with Gasteiger partial charge < -0.3 is 10.1 Å². The fourth-order valence-electron chi connectivity index (χ4n) is 2.35. The number of carbonyl (C=O) groups excluding carboxylic acids is 2. The molecule has 1 amide bonds. The summed E-state index contributed by atoms with van der Waals surface area (Å²) >= 11 is 5.90. The average Bonchev–Trinajstić information content (AvgIpc) is 2.53. The molecular formula is C17H20ClNO3. The third-order valence-electron chi connectivity index (χ3n) is 3.57. The predicted octanol–water partition coefficient (Wildman–Crippen LogP) is 2.90. The number of halogens is 1. The van der Waals surface area contributed by atoms with E-state index in [0.717, 1.165) is 18.4 Å². The number of benzene rings is 1. The largest absolute Gasteiger partial charge is 0.455 e. The van der Waals surface area contributed by atoms with Crippen molar-refractivity contribution in [2.45, 2.75) is 25.7 Å². The summed E-state index contributed by atoms with van der Waals surface area (Å²) in [5, 5.41) is 3.42. The number of rotatable bonds is 6. The molecule has 0 fully saturated rings. The number of amides is 1. The third kappa shape index (κ3) is 5.53. The van der Waals surface area contributed by atoms with E-state index < -0.39 is 0 Å². The van der Waals surface area contributed by atoms with Gasteiger partial charge in [-0.25, -0.2) is 0 Å². The van der Waals surface area contributed by atoms with Crippen LogP contribution in [0.25, 0.3) is 0 Å². The standard InChI is InChI=1S/C17H20ClNO3/c18-15-8-4-5-13(11-15)9-10-19-16(20)12-22-17(21)14-6-2-1-3-7-14/h1-2,4-5,8,11,14H,3,6-7,9-10,12H2,(H,19,20)/t14-/m1/s1. The molecule has 0 unspecified atom stereocenters. The summed E-state index contributed by atoms with van der Waals surface area (Å²) in [5.41, 5.74) is 1.05. The lowest BCUT2D eigenvalue weighted by Gasteiger charge is -2.16. The van der Waals surface area contributed by atoms with Crippen molar-refractivity contribution in [1.82, 2.24) is 5.32 Å². The molecule has 1 N–H and O–H groups in total. The summed E-state index contributed by atoms with van der Waals surface area (Å²) in [4.78, 5) is 23.4. The molecule has 0 saturated heterocycles. The quantitative estimate of drug-likeness (QED) is 0.647. The van der Waals surface area contributed by atoms with Crippen LogP contribution in [0.5, 0.6) is 0 Å². The molecule has 0 saturated carbocycles. The first-order valence-electron chi connectivity index (χ1n) is 7.48. The molecule has 0 spiro atoms. The van der Waals surface area contributed by atoms with Crippen molar-refractivity contribution in [3.8, 4) is 0 Å². The molecule has 1 aromatic rings. The van der Waals surface area contributed by atoms with Crippen molar-refractivity contribution in [2.24, 2.45) is 5.92 Å². The van der Waals surface area contributed by atoms with E-state index in [0.29, 0.717) is 24.4 Å². The van der Waals surface area contributed by atoms with Gasteiger partial charge in [-0.05, 0) is 43.4 Å². The van der Waals surface area contributed by atoms with Crippen LogP contribution in [0, 0.1) is 5.92 Å². The van der Waals surface area contributed by atoms with E-state index in [4.69, 9.17) is 16.3 Å². The van der Waals surface area contributed by atoms with Gasteiger partial charge in [-0.3, -0.25) is 9.59 Å². The minimum Gasteiger partial charge on any atom is -0.455 e. The topological polar surface area (TPSA) is 55.4 Å². The van der Waals surface area contributed by atoms with Gasteiger partial charge in [-0.15, -0.1) is 0 Å². The molecule has 0 aromatic heterocycles. The van der Waals surface area contributed by atoms with Crippen molar-refractivity contribution in [1.29, 1.82) is 0 Å². The van der Waals surface area contributed by atoms with Gasteiger partial charge in [0.15, 0.2) is 6.61 Å². The lowest BCUT2D eigenvalue weighted by Crippen LogP contribution is -2.31. The van der Waals surface area contributed by atoms with Gasteiger partial charge in [0.05, 0.1) is 5.92 Å². The van der Waals surface area contributed by atoms with Gasteiger partial charge in [0.2, 0.25) is 0 Å². The van der Waals surface area contributed by atoms with Crippen LogP contribution in [-0.4, -0.2) is 25.0 Å². The molecule has 0 aliphatic heterocycles. The minimum atomic E-state index is -0.283. The van der Waals surface area contributed by atoms with E-state index in [2.05, 4.69) is 11.4 Å². The highest BCUT2D eigenvalue weighted by Gasteiger charge is 2.20. The summed E-state index contributed by atoms with van der Waals surface area (Å²) in [6.45, 7) is 0.275. The number of carbonyl (C=O) groups is 2. The second-order valence-electron chi connectivity index (χ2n) is 5.32. The van der Waals surface area contributed by atoms with Crippen molar-refractivity contribution in [3.63, 3.8) is 0 Å². The van der Waals surface area contributed by atoms with Crippen molar-refractivity contribution in [2.75, 3.05) is 13.2 Å². The monoisotopic (exact) mass is 321 g/mol. The van der Waals surface area contributed by atoms with Crippen LogP contribution in [0.1, 0.15) is 24.8 Å². The molecule has 1 atom stereocenters. The summed E-state index contributed by atoms with van der Waals surface area (Å²) in [7, 11) is 0. The maximum atomic E-state index is 11.8. The lowest BCUT2D eigenvalue weighted by molar-refractivity contribution is -0.152. The van der Waals surface area contributed by atoms with Gasteiger partial charge in [0, 0.05) is 11.6 Å². The molecule has 4 nitrogen and oxygen atoms in total. The molecule has 118 valence electrons. The summed E-state index contributed by atoms with van der Waals surface area (Å²) in [5.74, 6) is -0.666. The molecule has 1 aliphatic carbocycles. The number of nitrogens with one attached hydrogen (secondary N) is 1. The number of hydrogen-bond acceptors (Lipinski definition) is 3. The summed E-state index contributed by atoms with van der Waals surface area (Å²) in [6.07, 6.45) is 7.13. The molecule has 2 rings (SSSR count). The van der Waals surface area contributed by atoms with Crippen LogP contribution in [0.3, 0.4) is 0 Å². The van der Waals surface area contributed by atoms with Gasteiger partial charge in [0.25, 0.3) is 5.91 Å². The summed E-state index contributed by atoms with van der Waals surface area (Å²) < 4.78 is 5.06. The predicted molar refractivity (Wildman–Crippen MR) is 85.6 cm³/mol. The van der Waals surface area contributed by atoms with E-state index in [9.17, 15) is 9.59 Å². The van der Waals surface area contributed by atoms with E-state index in [1.807, 2.05) is 30.3 Å². The Kier molecular flexibility index (Phi) is 6.46. The van der Waals surface area contributed by atoms with Crippen LogP contribution >= 0.6 is 11.6 Å². The van der Waals surface area contributed by atoms with Crippen LogP contribution < -0.4 is 5.32 Å². The van der Waals surface area contributed by atoms with Crippen molar-refractivity contribution >= 4 is 23.5 Å². The van der Waals surface area contributed by atoms with E-state index >= 15 is 0 Å². The minimum absolute atomic E-state index is 0.107. The summed E-state index contributed by atoms with van der Waals surface area (Å²) in [6, 6.07) is 7.50. The van der Waals surface area contributed by atoms with Crippen molar-refractivity contribution in [3.05, 3.63) is 47.0 Å². The van der Waals surface area contributed by atoms with Gasteiger partial charge >= 0.3 is 5.97 Å². The van der Waals surface area contributed by atoms with E-state index in [-0.39, 0.29) is 24.4 Å². The number of esters is 1. The molecule has 0 bridgehead atoms. The Balaban J connectivity index is 1.63. The third-order valence-corrected chi connectivity index (χ3v) is 3.81. The Morgan fingerprint density at radius 3 is 2.91 bits per heavy atom. The average molecular weight is 322 g/mol. The molecule has 5 heteroatoms. The number of allylic oxidation sites excluding steroid dienone is 2. The van der Waals surface area contributed by atoms with Gasteiger partial charge in [-0.2, -0.15) is 0 Å². The van der Waals surface area contributed by atoms with Gasteiger partial charge in [-0.1, -0.05) is 35.9 Å². The lowest BCUT2D eigenvalue weighted by atomic mass is 9.95. The van der Waals surface area contributed by atoms with Crippen LogP contribution in [0.2, 0.25) is 5.02 Å². The highest BCUT2D eigenvalue weighted by atomic mass is 35.5. The maximum Gasteiger partial charge on any atom is 0.309 e. The number of hydrogen-bond donors (Lipinski definition) is 1. The molecule has 1 aliphatic rings. The highest BCUT2D eigenvalue weighted by molar-refractivity contribution is 6.30. The van der Waals surface area contributed by atoms with Crippen LogP contribution in [0.4, 0.5) is 0 Å². The number of ether oxygens (including phenoxy) is 1. The SMILES string of the molecule is O=C(COC(=O)[C@@H]1CC=CCC1)NCCc1cccc(Cl)c1. The fraction of sp³-hybridized carbons (Fsp3) is 0.412. The van der Waals surface area contributed by atoms with E-state index in [1.54, 1.807) is 0 Å². The molecule has 1 aromatic carbocycles. The maximum absolute atomic E-state index is 11.8. The zero-order valence-corrected chi connectivity index (χ0v) is 13.1. The van der Waals surface area contributed by atoms with E-state index in [1.165, 1.54) is 0 Å². The van der Waals surface area contributed by atoms with Crippen molar-refractivity contribution < 1.29 is 14.3 Å². The smallest absolute Gasteiger partial charge is 0.309 e. The Bertz CT molecular complexity index is 557. The molecule has 0 radical (unpaired) electrons. The Morgan fingerprint density at radius 2 is 2.18 bits per heavy atom. The first-order valence-corrected chi connectivity index (χ1v) is 7.86. The normalized spacial score (nSPS) is 17.0. The first-order chi connectivity index (χ1) is 10.6. The van der Waals surface area contributed by atoms with Crippen LogP contribution in [-0.2, 0) is 20.7 Å². The first kappa shape index (κ1) is 16.6. The molecular weight excluding hydrogens is 302 g/mol. The highest BCUT2D eigenvalue weighted by Crippen LogP contribution is 2.19. The zero-order valence-electron chi connectivity index (χ0n) is 12.4. The molecule has 22 heavy (non-hydrogen) atoms. The Morgan fingerprint density at radius 1 is 1.32 bits per heavy atom. The van der Waals surface area contributed by atoms with Crippen LogP contribution in [0.15, 0.2) is 36.4 Å².